The van der Waals surface area contributed by atoms with Gasteiger partial charge in [0.2, 0.25) is 0 Å². The van der Waals surface area contributed by atoms with Crippen LogP contribution in [-0.2, 0) is 0 Å². The van der Waals surface area contributed by atoms with Crippen molar-refractivity contribution in [2.45, 2.75) is 38.8 Å². The minimum absolute atomic E-state index is 0.169. The molecule has 2 saturated heterocycles. The van der Waals surface area contributed by atoms with Gasteiger partial charge in [-0.3, -0.25) is 0 Å². The molecular formula is C21H29N5O. The third-order valence-corrected chi connectivity index (χ3v) is 5.80. The Balaban J connectivity index is 1.47. The van der Waals surface area contributed by atoms with Crippen LogP contribution in [0.5, 0.6) is 0 Å². The maximum Gasteiger partial charge on any atom is 0.134 e. The van der Waals surface area contributed by atoms with Crippen LogP contribution in [-0.4, -0.2) is 59.9 Å². The summed E-state index contributed by atoms with van der Waals surface area (Å²) < 4.78 is 0. The fourth-order valence-electron chi connectivity index (χ4n) is 4.20. The number of para-hydroxylation sites is 1. The van der Waals surface area contributed by atoms with Crippen molar-refractivity contribution in [1.29, 1.82) is 0 Å². The van der Waals surface area contributed by atoms with Gasteiger partial charge in [-0.15, -0.1) is 0 Å². The van der Waals surface area contributed by atoms with Crippen molar-refractivity contribution >= 4 is 17.3 Å². The minimum Gasteiger partial charge on any atom is -0.393 e. The zero-order valence-corrected chi connectivity index (χ0v) is 16.3. The van der Waals surface area contributed by atoms with Crippen LogP contribution in [0.4, 0.5) is 17.3 Å². The van der Waals surface area contributed by atoms with Gasteiger partial charge in [0.15, 0.2) is 0 Å². The van der Waals surface area contributed by atoms with Gasteiger partial charge in [-0.1, -0.05) is 18.2 Å². The Morgan fingerprint density at radius 1 is 0.963 bits per heavy atom. The van der Waals surface area contributed by atoms with E-state index in [4.69, 9.17) is 0 Å². The summed E-state index contributed by atoms with van der Waals surface area (Å²) in [5.41, 5.74) is 2.66. The lowest BCUT2D eigenvalue weighted by atomic mass is 10.1. The average Bonchev–Trinajstić information content (AvgIpc) is 2.69. The third-order valence-electron chi connectivity index (χ3n) is 5.80. The second kappa shape index (κ2) is 7.72. The number of aliphatic hydroxyl groups excluding tert-OH is 1. The van der Waals surface area contributed by atoms with Crippen LogP contribution < -0.4 is 14.7 Å². The molecule has 2 aliphatic heterocycles. The number of benzene rings is 1. The van der Waals surface area contributed by atoms with E-state index in [0.717, 1.165) is 57.2 Å². The van der Waals surface area contributed by atoms with Gasteiger partial charge in [-0.2, -0.15) is 0 Å². The van der Waals surface area contributed by atoms with Crippen molar-refractivity contribution in [3.8, 4) is 0 Å². The van der Waals surface area contributed by atoms with E-state index in [2.05, 4.69) is 68.8 Å². The van der Waals surface area contributed by atoms with Crippen LogP contribution in [0.2, 0.25) is 0 Å². The molecule has 27 heavy (non-hydrogen) atoms. The molecule has 0 saturated carbocycles. The zero-order valence-electron chi connectivity index (χ0n) is 16.3. The molecule has 3 heterocycles. The predicted octanol–water partition coefficient (Wildman–Crippen LogP) is 2.46. The number of aryl methyl sites for hydroxylation is 1. The van der Waals surface area contributed by atoms with Crippen molar-refractivity contribution in [2.24, 2.45) is 0 Å². The maximum absolute atomic E-state index is 9.73. The van der Waals surface area contributed by atoms with Crippen molar-refractivity contribution in [3.05, 3.63) is 42.2 Å². The number of hydrogen-bond donors (Lipinski definition) is 1. The second-order valence-electron chi connectivity index (χ2n) is 7.73. The molecule has 6 heteroatoms. The molecule has 0 bridgehead atoms. The average molecular weight is 367 g/mol. The highest BCUT2D eigenvalue weighted by molar-refractivity contribution is 5.56. The summed E-state index contributed by atoms with van der Waals surface area (Å²) in [4.78, 5) is 16.2. The van der Waals surface area contributed by atoms with Gasteiger partial charge in [-0.05, 0) is 38.3 Å². The summed E-state index contributed by atoms with van der Waals surface area (Å²) >= 11 is 0. The summed E-state index contributed by atoms with van der Waals surface area (Å²) in [6, 6.07) is 11.1. The first-order valence-corrected chi connectivity index (χ1v) is 9.94. The first kappa shape index (κ1) is 18.0. The first-order valence-electron chi connectivity index (χ1n) is 9.94. The summed E-state index contributed by atoms with van der Waals surface area (Å²) in [5.74, 6) is 1.98. The van der Waals surface area contributed by atoms with E-state index in [-0.39, 0.29) is 6.10 Å². The van der Waals surface area contributed by atoms with E-state index in [1.54, 1.807) is 6.33 Å². The summed E-state index contributed by atoms with van der Waals surface area (Å²) in [6.07, 6.45) is 3.13. The lowest BCUT2D eigenvalue weighted by molar-refractivity contribution is 0.145. The van der Waals surface area contributed by atoms with Crippen molar-refractivity contribution < 1.29 is 5.11 Å². The molecule has 2 fully saturated rings. The summed E-state index contributed by atoms with van der Waals surface area (Å²) in [5, 5.41) is 9.73. The molecule has 1 aromatic carbocycles. The van der Waals surface area contributed by atoms with Gasteiger partial charge in [0.1, 0.15) is 18.0 Å². The van der Waals surface area contributed by atoms with Gasteiger partial charge < -0.3 is 19.8 Å². The van der Waals surface area contributed by atoms with E-state index in [1.807, 2.05) is 0 Å². The molecule has 0 aliphatic carbocycles. The Morgan fingerprint density at radius 2 is 1.70 bits per heavy atom. The fraction of sp³-hybridized carbons (Fsp3) is 0.524. The van der Waals surface area contributed by atoms with E-state index in [1.165, 1.54) is 11.3 Å². The van der Waals surface area contributed by atoms with Crippen molar-refractivity contribution in [2.75, 3.05) is 47.4 Å². The zero-order chi connectivity index (χ0) is 18.8. The second-order valence-corrected chi connectivity index (χ2v) is 7.73. The molecule has 144 valence electrons. The van der Waals surface area contributed by atoms with Crippen LogP contribution in [0.1, 0.15) is 25.3 Å². The lowest BCUT2D eigenvalue weighted by Crippen LogP contribution is -2.52. The number of aromatic nitrogens is 2. The standard InChI is InChI=1S/C21H29N5O/c1-16-5-3-4-6-19(16)25-11-12-26(17(2)14-25)21-13-20(22-15-23-21)24-9-7-18(27)8-10-24/h3-6,13,15,17-18,27H,7-12,14H2,1-2H3/t17-/m1/s1. The van der Waals surface area contributed by atoms with E-state index < -0.39 is 0 Å². The predicted molar refractivity (Wildman–Crippen MR) is 110 cm³/mol. The molecule has 6 nitrogen and oxygen atoms in total. The lowest BCUT2D eigenvalue weighted by Gasteiger charge is -2.42. The van der Waals surface area contributed by atoms with Gasteiger partial charge in [0.05, 0.1) is 6.10 Å². The van der Waals surface area contributed by atoms with Gasteiger partial charge >= 0.3 is 0 Å². The quantitative estimate of drug-likeness (QED) is 0.899. The minimum atomic E-state index is -0.169. The smallest absolute Gasteiger partial charge is 0.134 e. The van der Waals surface area contributed by atoms with E-state index in [9.17, 15) is 5.11 Å². The molecule has 2 aliphatic rings. The molecule has 4 rings (SSSR count). The Morgan fingerprint density at radius 3 is 2.44 bits per heavy atom. The van der Waals surface area contributed by atoms with Gasteiger partial charge in [0.25, 0.3) is 0 Å². The molecular weight excluding hydrogens is 338 g/mol. The number of rotatable bonds is 3. The Labute approximate surface area is 161 Å². The van der Waals surface area contributed by atoms with E-state index in [0.29, 0.717) is 6.04 Å². The van der Waals surface area contributed by atoms with Crippen LogP contribution in [0, 0.1) is 6.92 Å². The Hall–Kier alpha value is -2.34. The summed E-state index contributed by atoms with van der Waals surface area (Å²) in [6.45, 7) is 9.08. The van der Waals surface area contributed by atoms with Gasteiger partial charge in [-0.25, -0.2) is 9.97 Å². The third kappa shape index (κ3) is 3.86. The van der Waals surface area contributed by atoms with Gasteiger partial charge in [0, 0.05) is 50.5 Å². The number of hydrogen-bond acceptors (Lipinski definition) is 6. The van der Waals surface area contributed by atoms with Crippen molar-refractivity contribution in [3.63, 3.8) is 0 Å². The molecule has 1 atom stereocenters. The highest BCUT2D eigenvalue weighted by atomic mass is 16.3. The molecule has 0 unspecified atom stereocenters. The van der Waals surface area contributed by atoms with Crippen LogP contribution in [0.15, 0.2) is 36.7 Å². The molecule has 2 aromatic rings. The van der Waals surface area contributed by atoms with Crippen LogP contribution >= 0.6 is 0 Å². The highest BCUT2D eigenvalue weighted by Gasteiger charge is 2.26. The van der Waals surface area contributed by atoms with Crippen molar-refractivity contribution in [1.82, 2.24) is 9.97 Å². The normalized spacial score (nSPS) is 21.6. The largest absolute Gasteiger partial charge is 0.393 e. The molecule has 0 radical (unpaired) electrons. The number of aliphatic hydroxyl groups is 1. The first-order chi connectivity index (χ1) is 13.1. The maximum atomic E-state index is 9.73. The number of piperazine rings is 1. The molecule has 0 spiro atoms. The molecule has 1 N–H and O–H groups in total. The van der Waals surface area contributed by atoms with Crippen LogP contribution in [0.3, 0.4) is 0 Å². The molecule has 0 amide bonds. The number of nitrogens with zero attached hydrogens (tertiary/aromatic N) is 5. The van der Waals surface area contributed by atoms with E-state index >= 15 is 0 Å². The Kier molecular flexibility index (Phi) is 5.16. The molecule has 1 aromatic heterocycles. The number of piperidine rings is 1. The van der Waals surface area contributed by atoms with Crippen LogP contribution in [0.25, 0.3) is 0 Å². The fourth-order valence-corrected chi connectivity index (χ4v) is 4.20. The SMILES string of the molecule is Cc1ccccc1N1CCN(c2cc(N3CCC(O)CC3)ncn2)[C@H](C)C1. The highest BCUT2D eigenvalue weighted by Crippen LogP contribution is 2.27. The topological polar surface area (TPSA) is 55.7 Å². The number of anilines is 3. The summed E-state index contributed by atoms with van der Waals surface area (Å²) in [7, 11) is 0. The Bertz CT molecular complexity index is 775. The monoisotopic (exact) mass is 367 g/mol.